The zero-order chi connectivity index (χ0) is 15.5. The molecular weight excluding hydrogens is 305 g/mol. The fourth-order valence-electron chi connectivity index (χ4n) is 2.13. The Morgan fingerprint density at radius 1 is 1.24 bits per heavy atom. The number of carbonyl (C=O) groups excluding carboxylic acids is 1. The first-order valence-electron chi connectivity index (χ1n) is 6.48. The second-order valence-corrected chi connectivity index (χ2v) is 5.21. The summed E-state index contributed by atoms with van der Waals surface area (Å²) in [5.74, 6) is 0. The molecule has 1 aliphatic carbocycles. The van der Waals surface area contributed by atoms with Gasteiger partial charge in [-0.2, -0.15) is 13.2 Å². The lowest BCUT2D eigenvalue weighted by Gasteiger charge is -2.11. The third kappa shape index (κ3) is 4.39. The summed E-state index contributed by atoms with van der Waals surface area (Å²) in [4.78, 5) is 11.6. The van der Waals surface area contributed by atoms with Gasteiger partial charge in [0.05, 0.1) is 10.6 Å². The van der Waals surface area contributed by atoms with E-state index >= 15 is 0 Å². The molecule has 0 bridgehead atoms. The van der Waals surface area contributed by atoms with E-state index < -0.39 is 22.8 Å². The van der Waals surface area contributed by atoms with Crippen LogP contribution in [0.3, 0.4) is 0 Å². The van der Waals surface area contributed by atoms with Crippen molar-refractivity contribution in [2.24, 2.45) is 0 Å². The van der Waals surface area contributed by atoms with E-state index in [1.54, 1.807) is 6.20 Å². The van der Waals surface area contributed by atoms with Gasteiger partial charge in [-0.05, 0) is 43.9 Å². The number of hydrogen-bond donors (Lipinski definition) is 2. The molecule has 0 unspecified atom stereocenters. The van der Waals surface area contributed by atoms with Gasteiger partial charge in [-0.25, -0.2) is 4.79 Å². The van der Waals surface area contributed by atoms with Crippen molar-refractivity contribution < 1.29 is 18.0 Å². The van der Waals surface area contributed by atoms with Crippen molar-refractivity contribution in [3.63, 3.8) is 0 Å². The van der Waals surface area contributed by atoms with Crippen LogP contribution in [0.15, 0.2) is 30.0 Å². The molecule has 2 amide bonds. The van der Waals surface area contributed by atoms with Crippen LogP contribution in [0.5, 0.6) is 0 Å². The molecule has 114 valence electrons. The van der Waals surface area contributed by atoms with Gasteiger partial charge >= 0.3 is 12.2 Å². The average molecular weight is 319 g/mol. The number of benzene rings is 1. The molecule has 7 heteroatoms. The number of carbonyl (C=O) groups is 1. The van der Waals surface area contributed by atoms with Crippen molar-refractivity contribution in [1.29, 1.82) is 0 Å². The molecule has 0 atom stereocenters. The van der Waals surface area contributed by atoms with Crippen molar-refractivity contribution >= 4 is 23.3 Å². The van der Waals surface area contributed by atoms with Crippen LogP contribution in [-0.2, 0) is 6.18 Å². The molecule has 1 aromatic carbocycles. The molecule has 1 fully saturated rings. The summed E-state index contributed by atoms with van der Waals surface area (Å²) < 4.78 is 38.1. The van der Waals surface area contributed by atoms with Gasteiger partial charge in [0.15, 0.2) is 0 Å². The standard InChI is InChI=1S/C14H14ClF3N2O/c15-12-6-5-10(7-11(12)14(16,17)18)20-13(21)19-8-9-3-1-2-4-9/h5-8H,1-4H2,(H2,19,20,21). The minimum Gasteiger partial charge on any atom is -0.314 e. The fraction of sp³-hybridized carbons (Fsp3) is 0.357. The van der Waals surface area contributed by atoms with Crippen LogP contribution < -0.4 is 10.6 Å². The molecule has 0 aromatic heterocycles. The molecule has 1 saturated carbocycles. The predicted molar refractivity (Wildman–Crippen MR) is 75.2 cm³/mol. The summed E-state index contributed by atoms with van der Waals surface area (Å²) in [6, 6.07) is 2.66. The highest BCUT2D eigenvalue weighted by molar-refractivity contribution is 6.31. The SMILES string of the molecule is O=C(NC=C1CCCC1)Nc1ccc(Cl)c(C(F)(F)F)c1. The normalized spacial score (nSPS) is 15.0. The van der Waals surface area contributed by atoms with Crippen molar-refractivity contribution in [2.75, 3.05) is 5.32 Å². The molecule has 2 rings (SSSR count). The van der Waals surface area contributed by atoms with Crippen LogP contribution in [0.2, 0.25) is 5.02 Å². The summed E-state index contributed by atoms with van der Waals surface area (Å²) in [7, 11) is 0. The molecule has 3 nitrogen and oxygen atoms in total. The number of rotatable bonds is 2. The Morgan fingerprint density at radius 3 is 2.52 bits per heavy atom. The molecular formula is C14H14ClF3N2O. The Balaban J connectivity index is 2.02. The summed E-state index contributed by atoms with van der Waals surface area (Å²) in [6.45, 7) is 0. The van der Waals surface area contributed by atoms with Crippen LogP contribution in [0.1, 0.15) is 31.2 Å². The Kier molecular flexibility index (Phi) is 4.77. The van der Waals surface area contributed by atoms with E-state index in [9.17, 15) is 18.0 Å². The predicted octanol–water partition coefficient (Wildman–Crippen LogP) is 4.94. The molecule has 0 saturated heterocycles. The zero-order valence-corrected chi connectivity index (χ0v) is 11.8. The lowest BCUT2D eigenvalue weighted by Crippen LogP contribution is -2.24. The second kappa shape index (κ2) is 6.39. The van der Waals surface area contributed by atoms with Crippen LogP contribution in [-0.4, -0.2) is 6.03 Å². The number of allylic oxidation sites excluding steroid dienone is 1. The number of amides is 2. The topological polar surface area (TPSA) is 41.1 Å². The van der Waals surface area contributed by atoms with Crippen molar-refractivity contribution in [2.45, 2.75) is 31.9 Å². The Labute approximate surface area is 125 Å². The number of urea groups is 1. The van der Waals surface area contributed by atoms with Crippen LogP contribution in [0, 0.1) is 0 Å². The van der Waals surface area contributed by atoms with Crippen LogP contribution in [0.25, 0.3) is 0 Å². The maximum absolute atomic E-state index is 12.7. The monoisotopic (exact) mass is 318 g/mol. The first kappa shape index (κ1) is 15.7. The third-order valence-corrected chi connectivity index (χ3v) is 3.51. The number of alkyl halides is 3. The summed E-state index contributed by atoms with van der Waals surface area (Å²) in [6.07, 6.45) is 1.14. The van der Waals surface area contributed by atoms with E-state index in [-0.39, 0.29) is 5.69 Å². The van der Waals surface area contributed by atoms with Gasteiger partial charge in [0.25, 0.3) is 0 Å². The lowest BCUT2D eigenvalue weighted by molar-refractivity contribution is -0.137. The number of hydrogen-bond acceptors (Lipinski definition) is 1. The molecule has 1 aliphatic rings. The summed E-state index contributed by atoms with van der Waals surface area (Å²) in [5.41, 5.74) is 0.197. The minimum absolute atomic E-state index is 0.0362. The molecule has 0 heterocycles. The quantitative estimate of drug-likeness (QED) is 0.797. The Hall–Kier alpha value is -1.69. The smallest absolute Gasteiger partial charge is 0.314 e. The fourth-order valence-corrected chi connectivity index (χ4v) is 2.35. The van der Waals surface area contributed by atoms with E-state index in [0.29, 0.717) is 0 Å². The van der Waals surface area contributed by atoms with Crippen molar-refractivity contribution in [3.8, 4) is 0 Å². The van der Waals surface area contributed by atoms with Crippen LogP contribution >= 0.6 is 11.6 Å². The first-order chi connectivity index (χ1) is 9.86. The third-order valence-electron chi connectivity index (χ3n) is 3.18. The highest BCUT2D eigenvalue weighted by Gasteiger charge is 2.33. The number of anilines is 1. The molecule has 21 heavy (non-hydrogen) atoms. The molecule has 0 aliphatic heterocycles. The van der Waals surface area contributed by atoms with E-state index in [4.69, 9.17) is 11.6 Å². The highest BCUT2D eigenvalue weighted by Crippen LogP contribution is 2.36. The number of halogens is 4. The van der Waals surface area contributed by atoms with Crippen molar-refractivity contribution in [1.82, 2.24) is 5.32 Å². The van der Waals surface area contributed by atoms with Gasteiger partial charge in [-0.15, -0.1) is 0 Å². The van der Waals surface area contributed by atoms with Gasteiger partial charge in [0.2, 0.25) is 0 Å². The van der Waals surface area contributed by atoms with Gasteiger partial charge in [0.1, 0.15) is 0 Å². The van der Waals surface area contributed by atoms with Gasteiger partial charge in [-0.3, -0.25) is 0 Å². The molecule has 0 radical (unpaired) electrons. The Bertz CT molecular complexity index is 562. The average Bonchev–Trinajstić information content (AvgIpc) is 2.90. The maximum Gasteiger partial charge on any atom is 0.417 e. The highest BCUT2D eigenvalue weighted by atomic mass is 35.5. The van der Waals surface area contributed by atoms with E-state index in [2.05, 4.69) is 10.6 Å². The van der Waals surface area contributed by atoms with Crippen LogP contribution in [0.4, 0.5) is 23.7 Å². The minimum atomic E-state index is -4.56. The largest absolute Gasteiger partial charge is 0.417 e. The molecule has 1 aromatic rings. The molecule has 2 N–H and O–H groups in total. The van der Waals surface area contributed by atoms with Gasteiger partial charge < -0.3 is 10.6 Å². The summed E-state index contributed by atoms with van der Waals surface area (Å²) >= 11 is 5.51. The van der Waals surface area contributed by atoms with E-state index in [0.717, 1.165) is 43.4 Å². The number of nitrogens with one attached hydrogen (secondary N) is 2. The summed E-state index contributed by atoms with van der Waals surface area (Å²) in [5, 5.41) is 4.47. The molecule has 0 spiro atoms. The van der Waals surface area contributed by atoms with E-state index in [1.807, 2.05) is 0 Å². The van der Waals surface area contributed by atoms with Crippen molar-refractivity contribution in [3.05, 3.63) is 40.6 Å². The zero-order valence-electron chi connectivity index (χ0n) is 11.1. The first-order valence-corrected chi connectivity index (χ1v) is 6.86. The lowest BCUT2D eigenvalue weighted by atomic mass is 10.2. The van der Waals surface area contributed by atoms with E-state index in [1.165, 1.54) is 6.07 Å². The van der Waals surface area contributed by atoms with Gasteiger partial charge in [-0.1, -0.05) is 17.2 Å². The van der Waals surface area contributed by atoms with Gasteiger partial charge in [0, 0.05) is 11.9 Å². The maximum atomic E-state index is 12.7. The second-order valence-electron chi connectivity index (χ2n) is 4.80. The Morgan fingerprint density at radius 2 is 1.90 bits per heavy atom.